The molecule has 0 bridgehead atoms. The van der Waals surface area contributed by atoms with Crippen LogP contribution >= 0.6 is 0 Å². The van der Waals surface area contributed by atoms with Crippen molar-refractivity contribution in [2.45, 2.75) is 16.7 Å². The molecule has 0 saturated carbocycles. The average molecular weight is 337 g/mol. The Labute approximate surface area is 130 Å². The smallest absolute Gasteiger partial charge is 0.339 e. The van der Waals surface area contributed by atoms with E-state index in [0.717, 1.165) is 36.4 Å². The van der Waals surface area contributed by atoms with Gasteiger partial charge in [-0.15, -0.1) is 0 Å². The van der Waals surface area contributed by atoms with Gasteiger partial charge in [0.1, 0.15) is 11.3 Å². The molecular weight excluding hydrogens is 326 g/mol. The van der Waals surface area contributed by atoms with Crippen LogP contribution in [0.25, 0.3) is 0 Å². The first-order valence-electron chi connectivity index (χ1n) is 6.21. The maximum atomic E-state index is 12.5. The van der Waals surface area contributed by atoms with Crippen LogP contribution in [0.15, 0.2) is 46.2 Å². The normalized spacial score (nSPS) is 11.2. The van der Waals surface area contributed by atoms with Crippen molar-refractivity contribution in [3.8, 4) is 5.75 Å². The third-order valence-corrected chi connectivity index (χ3v) is 4.92. The number of sulfone groups is 1. The van der Waals surface area contributed by atoms with E-state index in [4.69, 9.17) is 5.11 Å². The number of carboxylic acids is 1. The number of aromatic carboxylic acids is 1. The van der Waals surface area contributed by atoms with Crippen LogP contribution in [-0.4, -0.2) is 29.5 Å². The lowest BCUT2D eigenvalue weighted by molar-refractivity contribution is -0.384. The molecule has 0 saturated heterocycles. The predicted octanol–water partition coefficient (Wildman–Crippen LogP) is 2.14. The van der Waals surface area contributed by atoms with E-state index in [1.54, 1.807) is 0 Å². The van der Waals surface area contributed by atoms with Crippen LogP contribution in [0.2, 0.25) is 0 Å². The van der Waals surface area contributed by atoms with Crippen molar-refractivity contribution < 1.29 is 28.3 Å². The summed E-state index contributed by atoms with van der Waals surface area (Å²) in [4.78, 5) is 20.5. The maximum Gasteiger partial charge on any atom is 0.339 e. The number of rotatable bonds is 4. The van der Waals surface area contributed by atoms with E-state index in [9.17, 15) is 28.4 Å². The lowest BCUT2D eigenvalue weighted by atomic mass is 10.1. The highest BCUT2D eigenvalue weighted by molar-refractivity contribution is 7.91. The summed E-state index contributed by atoms with van der Waals surface area (Å²) < 4.78 is 25.0. The van der Waals surface area contributed by atoms with Crippen molar-refractivity contribution in [1.29, 1.82) is 0 Å². The Morgan fingerprint density at radius 1 is 1.13 bits per heavy atom. The van der Waals surface area contributed by atoms with Gasteiger partial charge in [-0.2, -0.15) is 0 Å². The summed E-state index contributed by atoms with van der Waals surface area (Å²) >= 11 is 0. The van der Waals surface area contributed by atoms with Crippen molar-refractivity contribution in [2.75, 3.05) is 0 Å². The molecule has 0 unspecified atom stereocenters. The first-order chi connectivity index (χ1) is 10.6. The van der Waals surface area contributed by atoms with E-state index in [1.807, 2.05) is 0 Å². The number of phenols is 1. The van der Waals surface area contributed by atoms with Crippen molar-refractivity contribution >= 4 is 21.5 Å². The van der Waals surface area contributed by atoms with Crippen molar-refractivity contribution in [1.82, 2.24) is 0 Å². The number of aryl methyl sites for hydroxylation is 1. The van der Waals surface area contributed by atoms with Crippen LogP contribution < -0.4 is 0 Å². The maximum absolute atomic E-state index is 12.5. The average Bonchev–Trinajstić information content (AvgIpc) is 2.49. The molecule has 0 radical (unpaired) electrons. The van der Waals surface area contributed by atoms with Gasteiger partial charge in [-0.05, 0) is 36.8 Å². The molecule has 8 nitrogen and oxygen atoms in total. The molecule has 2 aromatic rings. The summed E-state index contributed by atoms with van der Waals surface area (Å²) in [5.74, 6) is -1.98. The van der Waals surface area contributed by atoms with Crippen LogP contribution in [-0.2, 0) is 9.84 Å². The molecule has 23 heavy (non-hydrogen) atoms. The summed E-state index contributed by atoms with van der Waals surface area (Å²) in [6.07, 6.45) is 0. The highest BCUT2D eigenvalue weighted by Gasteiger charge is 2.23. The molecule has 2 rings (SSSR count). The molecule has 2 N–H and O–H groups in total. The van der Waals surface area contributed by atoms with E-state index in [-0.39, 0.29) is 21.0 Å². The Bertz CT molecular complexity index is 901. The first-order valence-corrected chi connectivity index (χ1v) is 7.69. The number of hydrogen-bond donors (Lipinski definition) is 2. The van der Waals surface area contributed by atoms with E-state index in [1.165, 1.54) is 6.92 Å². The predicted molar refractivity (Wildman–Crippen MR) is 78.4 cm³/mol. The van der Waals surface area contributed by atoms with Gasteiger partial charge in [0.05, 0.1) is 14.7 Å². The van der Waals surface area contributed by atoms with E-state index in [0.29, 0.717) is 0 Å². The number of aromatic hydroxyl groups is 1. The van der Waals surface area contributed by atoms with Crippen molar-refractivity contribution in [2.24, 2.45) is 0 Å². The third-order valence-electron chi connectivity index (χ3n) is 3.17. The number of nitro benzene ring substituents is 1. The largest absolute Gasteiger partial charge is 0.507 e. The van der Waals surface area contributed by atoms with E-state index in [2.05, 4.69) is 0 Å². The summed E-state index contributed by atoms with van der Waals surface area (Å²) in [7, 11) is -4.07. The van der Waals surface area contributed by atoms with Gasteiger partial charge in [0.25, 0.3) is 5.69 Å². The molecule has 0 spiro atoms. The van der Waals surface area contributed by atoms with Gasteiger partial charge in [-0.1, -0.05) is 0 Å². The minimum Gasteiger partial charge on any atom is -0.507 e. The second kappa shape index (κ2) is 5.69. The molecule has 0 atom stereocenters. The second-order valence-corrected chi connectivity index (χ2v) is 6.65. The van der Waals surface area contributed by atoms with E-state index < -0.39 is 32.0 Å². The molecular formula is C14H11NO7S. The standard InChI is InChI=1S/C14H11NO7S/c1-8-6-11(7-12(13(8)16)14(17)18)23(21,22)10-4-2-9(3-5-10)15(19)20/h2-7,16H,1H3,(H,17,18). The monoisotopic (exact) mass is 337 g/mol. The quantitative estimate of drug-likeness (QED) is 0.644. The van der Waals surface area contributed by atoms with Gasteiger partial charge in [0.2, 0.25) is 9.84 Å². The number of nitrogens with zero attached hydrogens (tertiary/aromatic N) is 1. The molecule has 2 aromatic carbocycles. The van der Waals surface area contributed by atoms with Crippen LogP contribution in [0.3, 0.4) is 0 Å². The second-order valence-electron chi connectivity index (χ2n) is 4.70. The van der Waals surface area contributed by atoms with E-state index >= 15 is 0 Å². The number of carbonyl (C=O) groups is 1. The zero-order valence-electron chi connectivity index (χ0n) is 11.8. The van der Waals surface area contributed by atoms with Gasteiger partial charge < -0.3 is 10.2 Å². The Morgan fingerprint density at radius 2 is 1.70 bits per heavy atom. The third kappa shape index (κ3) is 2.99. The number of carboxylic acid groups (broad SMARTS) is 1. The number of benzene rings is 2. The molecule has 0 aliphatic heterocycles. The fraction of sp³-hybridized carbons (Fsp3) is 0.0714. The summed E-state index contributed by atoms with van der Waals surface area (Å²) in [5.41, 5.74) is -0.715. The van der Waals surface area contributed by atoms with Crippen LogP contribution in [0.4, 0.5) is 5.69 Å². The fourth-order valence-electron chi connectivity index (χ4n) is 1.95. The summed E-state index contributed by atoms with van der Waals surface area (Å²) in [5, 5.41) is 29.3. The van der Waals surface area contributed by atoms with Crippen LogP contribution in [0, 0.1) is 17.0 Å². The topological polar surface area (TPSA) is 135 Å². The molecule has 120 valence electrons. The van der Waals surface area contributed by atoms with Gasteiger partial charge in [0, 0.05) is 12.1 Å². The van der Waals surface area contributed by atoms with Crippen LogP contribution in [0.1, 0.15) is 15.9 Å². The molecule has 0 aromatic heterocycles. The zero-order chi connectivity index (χ0) is 17.4. The van der Waals surface area contributed by atoms with Crippen molar-refractivity contribution in [3.63, 3.8) is 0 Å². The van der Waals surface area contributed by atoms with Crippen molar-refractivity contribution in [3.05, 3.63) is 57.6 Å². The molecule has 0 aliphatic rings. The minimum atomic E-state index is -4.07. The fourth-order valence-corrected chi connectivity index (χ4v) is 3.32. The molecule has 9 heteroatoms. The molecule has 0 heterocycles. The number of hydrogen-bond acceptors (Lipinski definition) is 6. The molecule has 0 fully saturated rings. The first kappa shape index (κ1) is 16.4. The zero-order valence-corrected chi connectivity index (χ0v) is 12.6. The lowest BCUT2D eigenvalue weighted by Gasteiger charge is -2.09. The van der Waals surface area contributed by atoms with Gasteiger partial charge >= 0.3 is 5.97 Å². The molecule has 0 amide bonds. The number of non-ortho nitro benzene ring substituents is 1. The highest BCUT2D eigenvalue weighted by Crippen LogP contribution is 2.30. The van der Waals surface area contributed by atoms with Gasteiger partial charge in [-0.25, -0.2) is 13.2 Å². The molecule has 0 aliphatic carbocycles. The Hall–Kier alpha value is -2.94. The summed E-state index contributed by atoms with van der Waals surface area (Å²) in [6, 6.07) is 6.20. The summed E-state index contributed by atoms with van der Waals surface area (Å²) in [6.45, 7) is 1.37. The van der Waals surface area contributed by atoms with Gasteiger partial charge in [-0.3, -0.25) is 10.1 Å². The van der Waals surface area contributed by atoms with Gasteiger partial charge in [0.15, 0.2) is 0 Å². The number of nitro groups is 1. The lowest BCUT2D eigenvalue weighted by Crippen LogP contribution is -2.06. The SMILES string of the molecule is Cc1cc(S(=O)(=O)c2ccc([N+](=O)[O-])cc2)cc(C(=O)O)c1O. The van der Waals surface area contributed by atoms with Crippen LogP contribution in [0.5, 0.6) is 5.75 Å². The highest BCUT2D eigenvalue weighted by atomic mass is 32.2. The Kier molecular flexibility index (Phi) is 4.06. The Balaban J connectivity index is 2.60. The Morgan fingerprint density at radius 3 is 2.17 bits per heavy atom. The minimum absolute atomic E-state index is 0.0883.